The first-order chi connectivity index (χ1) is 18.1. The number of methoxy groups -OCH3 is 1. The van der Waals surface area contributed by atoms with Crippen molar-refractivity contribution in [2.24, 2.45) is 5.29 Å². The van der Waals surface area contributed by atoms with Crippen molar-refractivity contribution in [3.05, 3.63) is 62.3 Å². The van der Waals surface area contributed by atoms with E-state index < -0.39 is 42.3 Å². The minimum Gasteiger partial charge on any atom is -0.481 e. The van der Waals surface area contributed by atoms with Crippen molar-refractivity contribution < 1.29 is 43.6 Å². The Balaban J connectivity index is 2.40. The number of ether oxygens (including phenoxy) is 3. The van der Waals surface area contributed by atoms with Gasteiger partial charge >= 0.3 is 23.9 Å². The number of carboxylic acid groups (broad SMARTS) is 2. The van der Waals surface area contributed by atoms with E-state index in [-0.39, 0.29) is 43.2 Å². The quantitative estimate of drug-likeness (QED) is 0.132. The Morgan fingerprint density at radius 1 is 1.16 bits per heavy atom. The van der Waals surface area contributed by atoms with Crippen molar-refractivity contribution in [3.63, 3.8) is 0 Å². The summed E-state index contributed by atoms with van der Waals surface area (Å²) in [7, 11) is 1.21. The number of aliphatic carboxylic acids is 2. The standard InChI is InChI=1S/C24H28ClN3O10/c1-4-38-24(34)21-16(12-37-10-9-28(27-35)17(22(31)32)11-18(29)30)26-13(2)19(23(33)36-3)20(21)14-7-5-6-8-15(14)25/h5-8,17,20,26H,4,9-12H2,1-3H3,(H,29,30)(H,31,32). The number of carboxylic acids is 2. The van der Waals surface area contributed by atoms with Gasteiger partial charge in [-0.25, -0.2) is 19.4 Å². The number of carbonyl (C=O) groups is 4. The molecule has 14 heteroatoms. The van der Waals surface area contributed by atoms with Crippen LogP contribution in [0.1, 0.15) is 31.7 Å². The number of hydrogen-bond donors (Lipinski definition) is 3. The first-order valence-corrected chi connectivity index (χ1v) is 11.8. The molecule has 0 radical (unpaired) electrons. The van der Waals surface area contributed by atoms with Gasteiger partial charge < -0.3 is 29.7 Å². The van der Waals surface area contributed by atoms with Crippen LogP contribution in [0.2, 0.25) is 5.02 Å². The molecule has 0 amide bonds. The van der Waals surface area contributed by atoms with Gasteiger partial charge in [0.25, 0.3) is 0 Å². The third-order valence-corrected chi connectivity index (χ3v) is 5.93. The lowest BCUT2D eigenvalue weighted by molar-refractivity contribution is -0.150. The SMILES string of the molecule is CCOC(=O)C1=C(COCCN(N=O)C(CC(=O)O)C(=O)O)NC(C)=C(C(=O)OC)C1c1ccccc1Cl. The fraction of sp³-hybridized carbons (Fsp3) is 0.417. The van der Waals surface area contributed by atoms with Crippen LogP contribution in [-0.2, 0) is 33.4 Å². The van der Waals surface area contributed by atoms with E-state index in [1.165, 1.54) is 7.11 Å². The minimum atomic E-state index is -1.69. The van der Waals surface area contributed by atoms with Gasteiger partial charge in [-0.15, -0.1) is 4.91 Å². The predicted octanol–water partition coefficient (Wildman–Crippen LogP) is 2.22. The number of rotatable bonds is 14. The number of nitrogens with one attached hydrogen (secondary N) is 1. The first-order valence-electron chi connectivity index (χ1n) is 11.4. The Bertz CT molecular complexity index is 1150. The second kappa shape index (κ2) is 14.1. The molecule has 206 valence electrons. The number of benzene rings is 1. The summed E-state index contributed by atoms with van der Waals surface area (Å²) >= 11 is 6.45. The highest BCUT2D eigenvalue weighted by Gasteiger charge is 2.39. The van der Waals surface area contributed by atoms with Gasteiger partial charge in [-0.2, -0.15) is 0 Å². The maximum atomic E-state index is 13.1. The van der Waals surface area contributed by atoms with Crippen LogP contribution in [0.4, 0.5) is 0 Å². The van der Waals surface area contributed by atoms with Crippen molar-refractivity contribution in [2.75, 3.05) is 33.5 Å². The number of allylic oxidation sites excluding steroid dienone is 1. The topological polar surface area (TPSA) is 181 Å². The van der Waals surface area contributed by atoms with Crippen molar-refractivity contribution in [1.82, 2.24) is 10.3 Å². The highest BCUT2D eigenvalue weighted by atomic mass is 35.5. The number of carbonyl (C=O) groups excluding carboxylic acids is 2. The van der Waals surface area contributed by atoms with Crippen LogP contribution in [0, 0.1) is 4.91 Å². The van der Waals surface area contributed by atoms with E-state index >= 15 is 0 Å². The minimum absolute atomic E-state index is 0.0437. The molecule has 1 aromatic rings. The average molecular weight is 554 g/mol. The molecule has 13 nitrogen and oxygen atoms in total. The Morgan fingerprint density at radius 3 is 2.39 bits per heavy atom. The zero-order chi connectivity index (χ0) is 28.4. The molecule has 38 heavy (non-hydrogen) atoms. The molecule has 0 saturated carbocycles. The third kappa shape index (κ3) is 7.29. The molecule has 0 bridgehead atoms. The summed E-state index contributed by atoms with van der Waals surface area (Å²) in [4.78, 5) is 59.4. The summed E-state index contributed by atoms with van der Waals surface area (Å²) in [6, 6.07) is 4.98. The molecule has 2 rings (SSSR count). The van der Waals surface area contributed by atoms with Gasteiger partial charge in [-0.3, -0.25) is 4.79 Å². The third-order valence-electron chi connectivity index (χ3n) is 5.59. The van der Waals surface area contributed by atoms with Gasteiger partial charge in [0, 0.05) is 10.7 Å². The number of nitroso groups, excluding NO2 is 1. The lowest BCUT2D eigenvalue weighted by atomic mass is 9.80. The first kappa shape index (κ1) is 30.3. The summed E-state index contributed by atoms with van der Waals surface area (Å²) in [6.07, 6.45) is -0.847. The lowest BCUT2D eigenvalue weighted by Crippen LogP contribution is -2.41. The Morgan fingerprint density at radius 2 is 1.84 bits per heavy atom. The molecule has 0 spiro atoms. The van der Waals surface area contributed by atoms with Gasteiger partial charge in [0.1, 0.15) is 0 Å². The highest BCUT2D eigenvalue weighted by molar-refractivity contribution is 6.31. The van der Waals surface area contributed by atoms with Gasteiger partial charge in [0.2, 0.25) is 0 Å². The van der Waals surface area contributed by atoms with Gasteiger partial charge in [-0.05, 0) is 25.5 Å². The molecule has 0 aromatic heterocycles. The Kier molecular flexibility index (Phi) is 11.2. The van der Waals surface area contributed by atoms with E-state index in [1.54, 1.807) is 38.1 Å². The number of esters is 2. The van der Waals surface area contributed by atoms with Crippen LogP contribution in [-0.4, -0.2) is 78.6 Å². The van der Waals surface area contributed by atoms with Gasteiger partial charge in [-0.1, -0.05) is 29.8 Å². The fourth-order valence-electron chi connectivity index (χ4n) is 3.93. The second-order valence-electron chi connectivity index (χ2n) is 7.97. The maximum absolute atomic E-state index is 13.1. The van der Waals surface area contributed by atoms with Crippen molar-refractivity contribution in [3.8, 4) is 0 Å². The average Bonchev–Trinajstić information content (AvgIpc) is 2.87. The number of nitrogens with zero attached hydrogens (tertiary/aromatic N) is 2. The van der Waals surface area contributed by atoms with E-state index in [2.05, 4.69) is 10.6 Å². The number of dihydropyridines is 1. The van der Waals surface area contributed by atoms with Gasteiger partial charge in [0.05, 0.1) is 67.9 Å². The van der Waals surface area contributed by atoms with Crippen LogP contribution in [0.15, 0.2) is 52.1 Å². The molecular formula is C24H28ClN3O10. The molecule has 3 N–H and O–H groups in total. The van der Waals surface area contributed by atoms with Crippen LogP contribution in [0.3, 0.4) is 0 Å². The van der Waals surface area contributed by atoms with Crippen LogP contribution in [0.5, 0.6) is 0 Å². The van der Waals surface area contributed by atoms with Crippen molar-refractivity contribution in [1.29, 1.82) is 0 Å². The highest BCUT2D eigenvalue weighted by Crippen LogP contribution is 2.41. The summed E-state index contributed by atoms with van der Waals surface area (Å²) < 4.78 is 15.8. The molecule has 0 aliphatic carbocycles. The molecule has 0 fully saturated rings. The van der Waals surface area contributed by atoms with Crippen LogP contribution >= 0.6 is 11.6 Å². The predicted molar refractivity (Wildman–Crippen MR) is 133 cm³/mol. The summed E-state index contributed by atoms with van der Waals surface area (Å²) in [5.74, 6) is -5.34. The molecule has 2 atom stereocenters. The summed E-state index contributed by atoms with van der Waals surface area (Å²) in [5.41, 5.74) is 1.25. The largest absolute Gasteiger partial charge is 0.481 e. The van der Waals surface area contributed by atoms with Crippen molar-refractivity contribution >= 4 is 35.5 Å². The molecular weight excluding hydrogens is 526 g/mol. The van der Waals surface area contributed by atoms with Crippen LogP contribution in [0.25, 0.3) is 0 Å². The van der Waals surface area contributed by atoms with E-state index in [1.807, 2.05) is 0 Å². The molecule has 1 aliphatic heterocycles. The monoisotopic (exact) mass is 553 g/mol. The Hall–Kier alpha value is -3.97. The number of hydrogen-bond acceptors (Lipinski definition) is 10. The number of halogens is 1. The normalized spacial score (nSPS) is 15.8. The smallest absolute Gasteiger partial charge is 0.336 e. The molecule has 2 unspecified atom stereocenters. The van der Waals surface area contributed by atoms with Gasteiger partial charge in [0.15, 0.2) is 6.04 Å². The van der Waals surface area contributed by atoms with E-state index in [0.29, 0.717) is 21.3 Å². The molecule has 1 aliphatic rings. The lowest BCUT2D eigenvalue weighted by Gasteiger charge is -2.31. The zero-order valence-corrected chi connectivity index (χ0v) is 21.7. The van der Waals surface area contributed by atoms with Crippen molar-refractivity contribution in [2.45, 2.75) is 32.2 Å². The van der Waals surface area contributed by atoms with E-state index in [4.69, 9.17) is 30.9 Å². The summed E-state index contributed by atoms with van der Waals surface area (Å²) in [5, 5.41) is 24.6. The maximum Gasteiger partial charge on any atom is 0.336 e. The molecule has 1 heterocycles. The Labute approximate surface area is 222 Å². The molecule has 0 saturated heterocycles. The second-order valence-corrected chi connectivity index (χ2v) is 8.38. The van der Waals surface area contributed by atoms with E-state index in [0.717, 1.165) is 0 Å². The fourth-order valence-corrected chi connectivity index (χ4v) is 4.18. The zero-order valence-electron chi connectivity index (χ0n) is 20.9. The summed E-state index contributed by atoms with van der Waals surface area (Å²) in [6.45, 7) is 2.44. The molecule has 1 aromatic carbocycles. The van der Waals surface area contributed by atoms with E-state index in [9.17, 15) is 29.2 Å². The van der Waals surface area contributed by atoms with Crippen LogP contribution < -0.4 is 5.32 Å².